The molecule has 0 saturated carbocycles. The Bertz CT molecular complexity index is 123. The quantitative estimate of drug-likeness (QED) is 0.437. The van der Waals surface area contributed by atoms with Gasteiger partial charge in [0, 0.05) is 25.2 Å². The van der Waals surface area contributed by atoms with Crippen LogP contribution < -0.4 is 0 Å². The Labute approximate surface area is 76.4 Å². The van der Waals surface area contributed by atoms with Crippen LogP contribution in [0.3, 0.4) is 0 Å². The molecule has 0 aromatic carbocycles. The molecular weight excluding hydrogens is 229 g/mol. The molecule has 6 heteroatoms. The largest absolute Gasteiger partial charge is 0.338 e. The summed E-state index contributed by atoms with van der Waals surface area (Å²) >= 11 is 5.24. The Morgan fingerprint density at radius 2 is 2.11 bits per heavy atom. The molecule has 2 nitrogen and oxygen atoms in total. The van der Waals surface area contributed by atoms with Gasteiger partial charge in [0.1, 0.15) is 0 Å². The summed E-state index contributed by atoms with van der Waals surface area (Å²) in [5.74, 6) is 0.504. The first-order valence-corrected chi connectivity index (χ1v) is 6.17. The van der Waals surface area contributed by atoms with E-state index in [1.807, 2.05) is 0 Å². The van der Waals surface area contributed by atoms with Gasteiger partial charge in [0.25, 0.3) is 0 Å². The molecule has 0 aliphatic heterocycles. The summed E-state index contributed by atoms with van der Waals surface area (Å²) in [6.07, 6.45) is 1.58. The van der Waals surface area contributed by atoms with E-state index in [2.05, 4.69) is 18.4 Å². The van der Waals surface area contributed by atoms with Crippen molar-refractivity contribution in [1.82, 2.24) is 0 Å². The predicted octanol–water partition coefficient (Wildman–Crippen LogP) is 1.11. The zero-order chi connectivity index (χ0) is 6.62. The Balaban J connectivity index is 0. The summed E-state index contributed by atoms with van der Waals surface area (Å²) in [5, 5.41) is 0. The minimum atomic E-state index is -3.00. The van der Waals surface area contributed by atoms with Gasteiger partial charge < -0.3 is 9.79 Å². The van der Waals surface area contributed by atoms with Crippen LogP contribution >= 0.6 is 17.1 Å². The molecule has 2 N–H and O–H groups in total. The molecular formula is C3H7O2PS2Zn. The molecule has 0 aromatic rings. The monoisotopic (exact) mass is 234 g/mol. The van der Waals surface area contributed by atoms with E-state index in [9.17, 15) is 0 Å². The van der Waals surface area contributed by atoms with E-state index in [1.54, 1.807) is 6.08 Å². The molecule has 0 atom stereocenters. The van der Waals surface area contributed by atoms with Crippen LogP contribution in [0.15, 0.2) is 12.7 Å². The maximum absolute atomic E-state index is 8.55. The smallest absolute Gasteiger partial charge is 0.242 e. The fraction of sp³-hybridized carbons (Fsp3) is 0.333. The normalized spacial score (nSPS) is 10.0. The van der Waals surface area contributed by atoms with Crippen molar-refractivity contribution in [3.63, 3.8) is 0 Å². The summed E-state index contributed by atoms with van der Waals surface area (Å²) in [6, 6.07) is 0. The maximum atomic E-state index is 8.55. The molecule has 0 aliphatic carbocycles. The van der Waals surface area contributed by atoms with Gasteiger partial charge in [0.2, 0.25) is 5.69 Å². The third-order valence-corrected chi connectivity index (χ3v) is 3.49. The first kappa shape index (κ1) is 12.9. The standard InChI is InChI=1S/C3H7O2PS2.Zn/c1-2-3-8-6(4,5)7;/h2H,1,3H2,(H2,4,5,7);. The van der Waals surface area contributed by atoms with E-state index in [4.69, 9.17) is 9.79 Å². The van der Waals surface area contributed by atoms with Gasteiger partial charge in [-0.25, -0.2) is 0 Å². The molecule has 0 amide bonds. The second-order valence-electron chi connectivity index (χ2n) is 1.08. The average molecular weight is 236 g/mol. The van der Waals surface area contributed by atoms with Crippen molar-refractivity contribution >= 4 is 28.9 Å². The molecule has 50 valence electrons. The van der Waals surface area contributed by atoms with Crippen molar-refractivity contribution in [2.75, 3.05) is 5.75 Å². The van der Waals surface area contributed by atoms with Gasteiger partial charge in [-0.3, -0.25) is 0 Å². The molecule has 0 radical (unpaired) electrons. The third-order valence-electron chi connectivity index (χ3n) is 0.361. The Morgan fingerprint density at radius 1 is 1.67 bits per heavy atom. The minimum absolute atomic E-state index is 0. The molecule has 0 heterocycles. The molecule has 0 unspecified atom stereocenters. The van der Waals surface area contributed by atoms with E-state index >= 15 is 0 Å². The molecule has 0 bridgehead atoms. The Morgan fingerprint density at radius 3 is 2.22 bits per heavy atom. The van der Waals surface area contributed by atoms with Crippen LogP contribution in [0.25, 0.3) is 0 Å². The van der Waals surface area contributed by atoms with Crippen LogP contribution in [0.4, 0.5) is 0 Å². The van der Waals surface area contributed by atoms with Gasteiger partial charge in [-0.05, 0) is 11.8 Å². The second-order valence-corrected chi connectivity index (χ2v) is 7.17. The van der Waals surface area contributed by atoms with Gasteiger partial charge in [-0.15, -0.1) is 6.58 Å². The van der Waals surface area contributed by atoms with Crippen LogP contribution in [0, 0.1) is 0 Å². The molecule has 0 spiro atoms. The van der Waals surface area contributed by atoms with Crippen LogP contribution in [-0.4, -0.2) is 15.5 Å². The van der Waals surface area contributed by atoms with Gasteiger partial charge in [-0.1, -0.05) is 17.5 Å². The van der Waals surface area contributed by atoms with Crippen LogP contribution in [0.1, 0.15) is 0 Å². The van der Waals surface area contributed by atoms with Crippen molar-refractivity contribution in [3.05, 3.63) is 12.7 Å². The van der Waals surface area contributed by atoms with Gasteiger partial charge in [0.15, 0.2) is 0 Å². The fourth-order valence-electron chi connectivity index (χ4n) is 0.150. The van der Waals surface area contributed by atoms with Crippen LogP contribution in [0.5, 0.6) is 0 Å². The van der Waals surface area contributed by atoms with Gasteiger partial charge in [-0.2, -0.15) is 0 Å². The summed E-state index contributed by atoms with van der Waals surface area (Å²) in [5.41, 5.74) is -3.00. The molecule has 0 rings (SSSR count). The molecule has 0 saturated heterocycles. The summed E-state index contributed by atoms with van der Waals surface area (Å²) in [7, 11) is 0. The van der Waals surface area contributed by atoms with Crippen molar-refractivity contribution in [1.29, 1.82) is 0 Å². The van der Waals surface area contributed by atoms with Crippen molar-refractivity contribution < 1.29 is 29.3 Å². The molecule has 0 fully saturated rings. The zero-order valence-electron chi connectivity index (χ0n) is 4.86. The summed E-state index contributed by atoms with van der Waals surface area (Å²) < 4.78 is 0. The SMILES string of the molecule is C=CCSP(O)(O)=S.[Zn]. The van der Waals surface area contributed by atoms with E-state index in [0.29, 0.717) is 5.75 Å². The van der Waals surface area contributed by atoms with Crippen molar-refractivity contribution in [2.45, 2.75) is 0 Å². The van der Waals surface area contributed by atoms with Crippen molar-refractivity contribution in [3.8, 4) is 0 Å². The molecule has 0 aromatic heterocycles. The Hall–Kier alpha value is 1.28. The number of hydrogen-bond acceptors (Lipinski definition) is 2. The molecule has 9 heavy (non-hydrogen) atoms. The average Bonchev–Trinajstić information content (AvgIpc) is 1.59. The second kappa shape index (κ2) is 6.02. The van der Waals surface area contributed by atoms with Crippen LogP contribution in [0.2, 0.25) is 0 Å². The number of hydrogen-bond donors (Lipinski definition) is 2. The topological polar surface area (TPSA) is 40.5 Å². The Kier molecular flexibility index (Phi) is 8.64. The third kappa shape index (κ3) is 12.5. The van der Waals surface area contributed by atoms with E-state index in [1.165, 1.54) is 0 Å². The molecule has 0 aliphatic rings. The first-order chi connectivity index (χ1) is 3.56. The van der Waals surface area contributed by atoms with Crippen molar-refractivity contribution in [2.24, 2.45) is 0 Å². The minimum Gasteiger partial charge on any atom is -0.338 e. The van der Waals surface area contributed by atoms with Crippen LogP contribution in [-0.2, 0) is 31.3 Å². The summed E-state index contributed by atoms with van der Waals surface area (Å²) in [4.78, 5) is 17.1. The van der Waals surface area contributed by atoms with E-state index in [0.717, 1.165) is 11.4 Å². The van der Waals surface area contributed by atoms with E-state index < -0.39 is 5.69 Å². The summed E-state index contributed by atoms with van der Waals surface area (Å²) in [6.45, 7) is 3.39. The first-order valence-electron chi connectivity index (χ1n) is 1.87. The zero-order valence-corrected chi connectivity index (χ0v) is 10.4. The van der Waals surface area contributed by atoms with Gasteiger partial charge in [0.05, 0.1) is 0 Å². The maximum Gasteiger partial charge on any atom is 0.242 e. The van der Waals surface area contributed by atoms with Gasteiger partial charge >= 0.3 is 0 Å². The van der Waals surface area contributed by atoms with E-state index in [-0.39, 0.29) is 19.5 Å². The number of rotatable bonds is 3. The fourth-order valence-corrected chi connectivity index (χ4v) is 1.90. The predicted molar refractivity (Wildman–Crippen MR) is 41.4 cm³/mol.